The van der Waals surface area contributed by atoms with Crippen molar-refractivity contribution >= 4 is 16.9 Å². The molecule has 0 fully saturated rings. The normalized spacial score (nSPS) is 14.9. The van der Waals surface area contributed by atoms with Gasteiger partial charge in [0, 0.05) is 19.1 Å². The van der Waals surface area contributed by atoms with Crippen LogP contribution < -0.4 is 0 Å². The summed E-state index contributed by atoms with van der Waals surface area (Å²) in [6.45, 7) is 1.15. The zero-order valence-electron chi connectivity index (χ0n) is 8.28. The maximum absolute atomic E-state index is 12.8. The minimum absolute atomic E-state index is 0.326. The highest BCUT2D eigenvalue weighted by Crippen LogP contribution is 2.34. The second-order valence-corrected chi connectivity index (χ2v) is 4.43. The van der Waals surface area contributed by atoms with E-state index in [0.29, 0.717) is 11.8 Å². The summed E-state index contributed by atoms with van der Waals surface area (Å²) in [6.07, 6.45) is -11.6. The van der Waals surface area contributed by atoms with Gasteiger partial charge in [-0.05, 0) is 0 Å². The molecule has 1 atom stereocenters. The van der Waals surface area contributed by atoms with Crippen LogP contribution in [0.1, 0.15) is 19.8 Å². The second-order valence-electron chi connectivity index (χ2n) is 3.16. The van der Waals surface area contributed by atoms with Crippen LogP contribution in [0.4, 0.5) is 26.3 Å². The third kappa shape index (κ3) is 6.97. The Kier molecular flexibility index (Phi) is 5.64. The lowest BCUT2D eigenvalue weighted by molar-refractivity contribution is -0.199. The van der Waals surface area contributed by atoms with Crippen molar-refractivity contribution in [2.75, 3.05) is 5.75 Å². The van der Waals surface area contributed by atoms with Crippen molar-refractivity contribution in [2.45, 2.75) is 38.0 Å². The van der Waals surface area contributed by atoms with Gasteiger partial charge in [-0.25, -0.2) is 13.2 Å². The smallest absolute Gasteiger partial charge is 0.288 e. The molecule has 0 N–H and O–H groups in total. The second kappa shape index (κ2) is 5.79. The fourth-order valence-corrected chi connectivity index (χ4v) is 1.51. The third-order valence-corrected chi connectivity index (χ3v) is 2.42. The van der Waals surface area contributed by atoms with Crippen molar-refractivity contribution in [3.8, 4) is 0 Å². The van der Waals surface area contributed by atoms with Gasteiger partial charge in [0.15, 0.2) is 5.12 Å². The van der Waals surface area contributed by atoms with Gasteiger partial charge in [-0.3, -0.25) is 4.79 Å². The average molecular weight is 268 g/mol. The van der Waals surface area contributed by atoms with Crippen molar-refractivity contribution in [2.24, 2.45) is 0 Å². The molecule has 0 aromatic carbocycles. The Bertz CT molecular complexity index is 239. The molecule has 0 radical (unpaired) electrons. The van der Waals surface area contributed by atoms with E-state index in [2.05, 4.69) is 0 Å². The topological polar surface area (TPSA) is 17.1 Å². The molecule has 0 heterocycles. The predicted octanol–water partition coefficient (Wildman–Crippen LogP) is 3.58. The number of carbonyl (C=O) groups is 1. The molecule has 0 aromatic heterocycles. The van der Waals surface area contributed by atoms with Gasteiger partial charge in [0.1, 0.15) is 0 Å². The van der Waals surface area contributed by atoms with E-state index in [9.17, 15) is 31.1 Å². The first-order valence-electron chi connectivity index (χ1n) is 4.26. The van der Waals surface area contributed by atoms with Crippen LogP contribution in [0.2, 0.25) is 0 Å². The average Bonchev–Trinajstić information content (AvgIpc) is 1.99. The van der Waals surface area contributed by atoms with E-state index in [1.807, 2.05) is 0 Å². The van der Waals surface area contributed by atoms with Crippen LogP contribution in [0.15, 0.2) is 0 Å². The Morgan fingerprint density at radius 2 is 1.75 bits per heavy atom. The summed E-state index contributed by atoms with van der Waals surface area (Å²) < 4.78 is 72.9. The Morgan fingerprint density at radius 3 is 2.12 bits per heavy atom. The number of halogens is 6. The van der Waals surface area contributed by atoms with Gasteiger partial charge in [-0.1, -0.05) is 11.8 Å². The summed E-state index contributed by atoms with van der Waals surface area (Å²) in [5.41, 5.74) is 0. The quantitative estimate of drug-likeness (QED) is 0.709. The van der Waals surface area contributed by atoms with Gasteiger partial charge in [0.05, 0.1) is 6.42 Å². The number of hydrogen-bond donors (Lipinski definition) is 0. The molecule has 0 rings (SSSR count). The minimum Gasteiger partial charge on any atom is -0.288 e. The SMILES string of the molecule is CC(=O)SCCC(F)(F)CC(F)C(F)(F)F. The molecule has 16 heavy (non-hydrogen) atoms. The minimum atomic E-state index is -5.27. The van der Waals surface area contributed by atoms with E-state index in [0.717, 1.165) is 6.92 Å². The van der Waals surface area contributed by atoms with Crippen molar-refractivity contribution in [1.29, 1.82) is 0 Å². The van der Waals surface area contributed by atoms with Crippen LogP contribution in [0, 0.1) is 0 Å². The van der Waals surface area contributed by atoms with E-state index in [-0.39, 0.29) is 5.75 Å². The fraction of sp³-hybridized carbons (Fsp3) is 0.875. The molecule has 96 valence electrons. The summed E-state index contributed by atoms with van der Waals surface area (Å²) in [4.78, 5) is 10.4. The molecule has 0 aromatic rings. The molecule has 0 aliphatic heterocycles. The number of carbonyl (C=O) groups excluding carboxylic acids is 1. The van der Waals surface area contributed by atoms with Crippen LogP contribution in [-0.2, 0) is 4.79 Å². The molecule has 0 aliphatic rings. The van der Waals surface area contributed by atoms with Crippen LogP contribution in [-0.4, -0.2) is 29.1 Å². The summed E-state index contributed by atoms with van der Waals surface area (Å²) in [6, 6.07) is 0. The monoisotopic (exact) mass is 268 g/mol. The first-order valence-corrected chi connectivity index (χ1v) is 5.25. The van der Waals surface area contributed by atoms with Crippen molar-refractivity contribution in [3.63, 3.8) is 0 Å². The van der Waals surface area contributed by atoms with Crippen molar-refractivity contribution in [3.05, 3.63) is 0 Å². The van der Waals surface area contributed by atoms with Gasteiger partial charge in [0.25, 0.3) is 5.92 Å². The highest BCUT2D eigenvalue weighted by molar-refractivity contribution is 8.13. The largest absolute Gasteiger partial charge is 0.419 e. The standard InChI is InChI=1S/C8H10F6OS/c1-5(15)16-3-2-7(10,11)4-6(9)8(12,13)14/h6H,2-4H2,1H3. The number of alkyl halides is 6. The number of hydrogen-bond acceptors (Lipinski definition) is 2. The Morgan fingerprint density at radius 1 is 1.25 bits per heavy atom. The molecule has 0 saturated carbocycles. The predicted molar refractivity (Wildman–Crippen MR) is 48.3 cm³/mol. The van der Waals surface area contributed by atoms with E-state index in [4.69, 9.17) is 0 Å². The van der Waals surface area contributed by atoms with Gasteiger partial charge in [0.2, 0.25) is 6.17 Å². The molecule has 0 amide bonds. The zero-order valence-corrected chi connectivity index (χ0v) is 9.10. The number of rotatable bonds is 5. The molecule has 1 unspecified atom stereocenters. The first kappa shape index (κ1) is 15.6. The molecule has 0 saturated heterocycles. The van der Waals surface area contributed by atoms with Crippen LogP contribution in [0.3, 0.4) is 0 Å². The molecular weight excluding hydrogens is 258 g/mol. The van der Waals surface area contributed by atoms with E-state index in [1.165, 1.54) is 0 Å². The van der Waals surface area contributed by atoms with Gasteiger partial charge in [-0.15, -0.1) is 0 Å². The Balaban J connectivity index is 4.09. The van der Waals surface area contributed by atoms with Gasteiger partial charge < -0.3 is 0 Å². The molecule has 0 spiro atoms. The van der Waals surface area contributed by atoms with Crippen LogP contribution in [0.25, 0.3) is 0 Å². The molecule has 0 bridgehead atoms. The lowest BCUT2D eigenvalue weighted by atomic mass is 10.1. The van der Waals surface area contributed by atoms with Crippen molar-refractivity contribution < 1.29 is 31.1 Å². The third-order valence-electron chi connectivity index (χ3n) is 1.61. The molecule has 1 nitrogen and oxygen atoms in total. The Labute approximate surface area is 92.6 Å². The maximum Gasteiger partial charge on any atom is 0.419 e. The maximum atomic E-state index is 12.8. The summed E-state index contributed by atoms with van der Waals surface area (Å²) in [5.74, 6) is -4.08. The van der Waals surface area contributed by atoms with Gasteiger partial charge >= 0.3 is 6.18 Å². The van der Waals surface area contributed by atoms with Crippen molar-refractivity contribution in [1.82, 2.24) is 0 Å². The zero-order chi connectivity index (χ0) is 13.0. The summed E-state index contributed by atoms with van der Waals surface area (Å²) >= 11 is 0.570. The Hall–Kier alpha value is -0.400. The fourth-order valence-electron chi connectivity index (χ4n) is 0.824. The lowest BCUT2D eigenvalue weighted by Gasteiger charge is -2.19. The van der Waals surface area contributed by atoms with Crippen LogP contribution in [0.5, 0.6) is 0 Å². The van der Waals surface area contributed by atoms with E-state index < -0.39 is 36.2 Å². The highest BCUT2D eigenvalue weighted by atomic mass is 32.2. The lowest BCUT2D eigenvalue weighted by Crippen LogP contribution is -2.32. The molecule has 8 heteroatoms. The molecule has 0 aliphatic carbocycles. The number of thioether (sulfide) groups is 1. The molecular formula is C8H10F6OS. The van der Waals surface area contributed by atoms with E-state index in [1.54, 1.807) is 0 Å². The first-order chi connectivity index (χ1) is 7.04. The summed E-state index contributed by atoms with van der Waals surface area (Å²) in [5, 5.41) is -0.414. The summed E-state index contributed by atoms with van der Waals surface area (Å²) in [7, 11) is 0. The highest BCUT2D eigenvalue weighted by Gasteiger charge is 2.46. The van der Waals surface area contributed by atoms with Gasteiger partial charge in [-0.2, -0.15) is 13.2 Å². The van der Waals surface area contributed by atoms with Crippen LogP contribution >= 0.6 is 11.8 Å². The van der Waals surface area contributed by atoms with E-state index >= 15 is 0 Å².